The summed E-state index contributed by atoms with van der Waals surface area (Å²) in [6, 6.07) is 5.37. The average Bonchev–Trinajstić information content (AvgIpc) is 3.16. The third kappa shape index (κ3) is 2.33. The lowest BCUT2D eigenvalue weighted by Crippen LogP contribution is -2.26. The summed E-state index contributed by atoms with van der Waals surface area (Å²) in [7, 11) is -1.36. The number of nitrogens with zero attached hydrogens (tertiary/aromatic N) is 2. The monoisotopic (exact) mass is 293 g/mol. The highest BCUT2D eigenvalue weighted by atomic mass is 32.2. The standard InChI is InChI=1S/C14H19N3O2S/c1-17-11-4-3-5-12(20(2,18)19)14(11)16-13(17)8-10(15)9-6-7-9/h3-5,9-10H,6-8,15H2,1-2H3. The second kappa shape index (κ2) is 4.56. The summed E-state index contributed by atoms with van der Waals surface area (Å²) in [6.45, 7) is 0. The second-order valence-electron chi connectivity index (χ2n) is 5.69. The fraction of sp³-hybridized carbons (Fsp3) is 0.500. The molecule has 5 nitrogen and oxygen atoms in total. The number of hydrogen-bond acceptors (Lipinski definition) is 4. The van der Waals surface area contributed by atoms with Gasteiger partial charge in [0.15, 0.2) is 9.84 Å². The fourth-order valence-electron chi connectivity index (χ4n) is 2.62. The van der Waals surface area contributed by atoms with Crippen LogP contribution in [0, 0.1) is 5.92 Å². The van der Waals surface area contributed by atoms with Gasteiger partial charge in [0.1, 0.15) is 11.3 Å². The molecule has 1 aliphatic carbocycles. The van der Waals surface area contributed by atoms with E-state index in [4.69, 9.17) is 5.73 Å². The number of fused-ring (bicyclic) bond motifs is 1. The Morgan fingerprint density at radius 1 is 1.45 bits per heavy atom. The minimum atomic E-state index is -3.27. The van der Waals surface area contributed by atoms with Crippen LogP contribution in [0.3, 0.4) is 0 Å². The van der Waals surface area contributed by atoms with Gasteiger partial charge in [-0.05, 0) is 30.9 Å². The Kier molecular flexibility index (Phi) is 3.10. The van der Waals surface area contributed by atoms with E-state index in [1.54, 1.807) is 12.1 Å². The van der Waals surface area contributed by atoms with E-state index in [0.29, 0.717) is 17.9 Å². The van der Waals surface area contributed by atoms with Crippen molar-refractivity contribution in [2.24, 2.45) is 18.7 Å². The number of sulfone groups is 1. The van der Waals surface area contributed by atoms with E-state index < -0.39 is 9.84 Å². The predicted molar refractivity (Wildman–Crippen MR) is 78.2 cm³/mol. The molecular weight excluding hydrogens is 274 g/mol. The molecule has 108 valence electrons. The fourth-order valence-corrected chi connectivity index (χ4v) is 3.45. The molecule has 1 aromatic heterocycles. The molecule has 1 unspecified atom stereocenters. The van der Waals surface area contributed by atoms with Crippen molar-refractivity contribution >= 4 is 20.9 Å². The molecule has 0 amide bonds. The van der Waals surface area contributed by atoms with E-state index in [0.717, 1.165) is 11.3 Å². The smallest absolute Gasteiger partial charge is 0.177 e. The number of nitrogens with two attached hydrogens (primary N) is 1. The Balaban J connectivity index is 2.09. The van der Waals surface area contributed by atoms with E-state index in [-0.39, 0.29) is 10.9 Å². The molecule has 1 heterocycles. The Labute approximate surface area is 118 Å². The number of hydrogen-bond donors (Lipinski definition) is 1. The van der Waals surface area contributed by atoms with Crippen molar-refractivity contribution in [2.75, 3.05) is 6.26 Å². The van der Waals surface area contributed by atoms with Crippen LogP contribution in [0.25, 0.3) is 11.0 Å². The normalized spacial score (nSPS) is 17.6. The van der Waals surface area contributed by atoms with Gasteiger partial charge in [0.05, 0.1) is 10.4 Å². The molecule has 2 N–H and O–H groups in total. The van der Waals surface area contributed by atoms with Gasteiger partial charge in [0.25, 0.3) is 0 Å². The number of imidazole rings is 1. The summed E-state index contributed by atoms with van der Waals surface area (Å²) in [5.74, 6) is 1.46. The van der Waals surface area contributed by atoms with E-state index >= 15 is 0 Å². The Bertz CT molecular complexity index is 760. The lowest BCUT2D eigenvalue weighted by Gasteiger charge is -2.09. The van der Waals surface area contributed by atoms with Crippen LogP contribution < -0.4 is 5.73 Å². The van der Waals surface area contributed by atoms with Crippen molar-refractivity contribution in [3.63, 3.8) is 0 Å². The second-order valence-corrected chi connectivity index (χ2v) is 7.67. The molecule has 3 rings (SSSR count). The zero-order valence-electron chi connectivity index (χ0n) is 11.7. The molecule has 0 radical (unpaired) electrons. The Morgan fingerprint density at radius 2 is 2.15 bits per heavy atom. The lowest BCUT2D eigenvalue weighted by molar-refractivity contribution is 0.566. The highest BCUT2D eigenvalue weighted by Crippen LogP contribution is 2.33. The van der Waals surface area contributed by atoms with Crippen LogP contribution in [0.5, 0.6) is 0 Å². The molecule has 6 heteroatoms. The summed E-state index contributed by atoms with van der Waals surface area (Å²) in [6.07, 6.45) is 4.30. The summed E-state index contributed by atoms with van der Waals surface area (Å²) >= 11 is 0. The van der Waals surface area contributed by atoms with Crippen LogP contribution in [0.1, 0.15) is 18.7 Å². The number of benzene rings is 1. The first-order valence-electron chi connectivity index (χ1n) is 6.78. The Morgan fingerprint density at radius 3 is 2.75 bits per heavy atom. The van der Waals surface area contributed by atoms with Crippen LogP contribution in [-0.4, -0.2) is 30.3 Å². The van der Waals surface area contributed by atoms with E-state index in [2.05, 4.69) is 4.98 Å². The highest BCUT2D eigenvalue weighted by Gasteiger charge is 2.29. The number of aryl methyl sites for hydroxylation is 1. The van der Waals surface area contributed by atoms with Gasteiger partial charge >= 0.3 is 0 Å². The van der Waals surface area contributed by atoms with Crippen molar-refractivity contribution in [3.05, 3.63) is 24.0 Å². The van der Waals surface area contributed by atoms with E-state index in [1.807, 2.05) is 17.7 Å². The third-order valence-electron chi connectivity index (χ3n) is 4.01. The zero-order valence-corrected chi connectivity index (χ0v) is 12.5. The molecular formula is C14H19N3O2S. The molecule has 0 saturated heterocycles. The van der Waals surface area contributed by atoms with Gasteiger partial charge in [0.2, 0.25) is 0 Å². The van der Waals surface area contributed by atoms with Crippen LogP contribution in [0.15, 0.2) is 23.1 Å². The van der Waals surface area contributed by atoms with Crippen molar-refractivity contribution < 1.29 is 8.42 Å². The zero-order chi connectivity index (χ0) is 14.5. The minimum absolute atomic E-state index is 0.118. The van der Waals surface area contributed by atoms with Gasteiger partial charge in [-0.25, -0.2) is 13.4 Å². The highest BCUT2D eigenvalue weighted by molar-refractivity contribution is 7.91. The maximum Gasteiger partial charge on any atom is 0.177 e. The van der Waals surface area contributed by atoms with Crippen LogP contribution in [0.4, 0.5) is 0 Å². The topological polar surface area (TPSA) is 78.0 Å². The Hall–Kier alpha value is -1.40. The molecule has 1 fully saturated rings. The quantitative estimate of drug-likeness (QED) is 0.920. The molecule has 1 aromatic carbocycles. The first kappa shape index (κ1) is 13.6. The molecule has 0 spiro atoms. The molecule has 2 aromatic rings. The number of aromatic nitrogens is 2. The van der Waals surface area contributed by atoms with Gasteiger partial charge in [-0.2, -0.15) is 0 Å². The van der Waals surface area contributed by atoms with Gasteiger partial charge in [-0.1, -0.05) is 6.07 Å². The number of rotatable bonds is 4. The van der Waals surface area contributed by atoms with Gasteiger partial charge < -0.3 is 10.3 Å². The molecule has 20 heavy (non-hydrogen) atoms. The van der Waals surface area contributed by atoms with Gasteiger partial charge in [-0.15, -0.1) is 0 Å². The largest absolute Gasteiger partial charge is 0.331 e. The van der Waals surface area contributed by atoms with Crippen LogP contribution in [-0.2, 0) is 23.3 Å². The summed E-state index contributed by atoms with van der Waals surface area (Å²) in [4.78, 5) is 4.82. The first-order chi connectivity index (χ1) is 9.38. The minimum Gasteiger partial charge on any atom is -0.331 e. The van der Waals surface area contributed by atoms with E-state index in [1.165, 1.54) is 19.1 Å². The summed E-state index contributed by atoms with van der Waals surface area (Å²) in [5.41, 5.74) is 7.54. The van der Waals surface area contributed by atoms with Crippen LogP contribution >= 0.6 is 0 Å². The maximum atomic E-state index is 11.8. The molecule has 1 aliphatic rings. The van der Waals surface area contributed by atoms with Crippen molar-refractivity contribution in [3.8, 4) is 0 Å². The number of para-hydroxylation sites is 1. The van der Waals surface area contributed by atoms with Crippen molar-refractivity contribution in [2.45, 2.75) is 30.2 Å². The molecule has 0 bridgehead atoms. The average molecular weight is 293 g/mol. The lowest BCUT2D eigenvalue weighted by atomic mass is 10.1. The summed E-state index contributed by atoms with van der Waals surface area (Å²) < 4.78 is 25.6. The van der Waals surface area contributed by atoms with E-state index in [9.17, 15) is 8.42 Å². The van der Waals surface area contributed by atoms with Crippen molar-refractivity contribution in [1.29, 1.82) is 0 Å². The van der Waals surface area contributed by atoms with Crippen LogP contribution in [0.2, 0.25) is 0 Å². The molecule has 0 aliphatic heterocycles. The maximum absolute atomic E-state index is 11.8. The van der Waals surface area contributed by atoms with Crippen molar-refractivity contribution in [1.82, 2.24) is 9.55 Å². The predicted octanol–water partition coefficient (Wildman–Crippen LogP) is 1.26. The molecule has 1 atom stereocenters. The third-order valence-corrected chi connectivity index (χ3v) is 5.14. The van der Waals surface area contributed by atoms with Gasteiger partial charge in [-0.3, -0.25) is 0 Å². The SMILES string of the molecule is Cn1c(CC(N)C2CC2)nc2c(S(C)(=O)=O)cccc21. The summed E-state index contributed by atoms with van der Waals surface area (Å²) in [5, 5.41) is 0. The molecule has 1 saturated carbocycles. The first-order valence-corrected chi connectivity index (χ1v) is 8.67. The van der Waals surface area contributed by atoms with Gasteiger partial charge in [0, 0.05) is 25.8 Å².